The van der Waals surface area contributed by atoms with E-state index in [9.17, 15) is 4.79 Å². The SMILES string of the molecule is COC1CN(c2ccc(NC(=O)CCSc3ccccc3)cc2)C1. The highest BCUT2D eigenvalue weighted by Gasteiger charge is 2.26. The fourth-order valence-corrected chi connectivity index (χ4v) is 3.43. The van der Waals surface area contributed by atoms with Crippen molar-refractivity contribution in [3.8, 4) is 0 Å². The molecular formula is C19H22N2O2S. The number of hydrogen-bond donors (Lipinski definition) is 1. The van der Waals surface area contributed by atoms with Gasteiger partial charge in [-0.3, -0.25) is 4.79 Å². The highest BCUT2D eigenvalue weighted by atomic mass is 32.2. The lowest BCUT2D eigenvalue weighted by molar-refractivity contribution is -0.115. The van der Waals surface area contributed by atoms with E-state index in [0.717, 1.165) is 24.5 Å². The molecule has 0 aliphatic carbocycles. The van der Waals surface area contributed by atoms with Crippen molar-refractivity contribution in [1.82, 2.24) is 0 Å². The van der Waals surface area contributed by atoms with Gasteiger partial charge in [0, 0.05) is 48.6 Å². The summed E-state index contributed by atoms with van der Waals surface area (Å²) in [4.78, 5) is 15.5. The molecule has 1 aliphatic heterocycles. The van der Waals surface area contributed by atoms with Crippen LogP contribution in [0.4, 0.5) is 11.4 Å². The molecule has 1 aliphatic rings. The van der Waals surface area contributed by atoms with E-state index in [2.05, 4.69) is 22.3 Å². The number of hydrogen-bond acceptors (Lipinski definition) is 4. The summed E-state index contributed by atoms with van der Waals surface area (Å²) in [7, 11) is 1.75. The van der Waals surface area contributed by atoms with Crippen LogP contribution in [0.25, 0.3) is 0 Å². The van der Waals surface area contributed by atoms with Gasteiger partial charge >= 0.3 is 0 Å². The lowest BCUT2D eigenvalue weighted by Gasteiger charge is -2.40. The molecule has 5 heteroatoms. The van der Waals surface area contributed by atoms with Gasteiger partial charge in [-0.1, -0.05) is 18.2 Å². The smallest absolute Gasteiger partial charge is 0.225 e. The molecule has 1 heterocycles. The Kier molecular flexibility index (Phi) is 5.77. The molecule has 24 heavy (non-hydrogen) atoms. The Labute approximate surface area is 147 Å². The second-order valence-corrected chi connectivity index (χ2v) is 6.94. The first-order valence-electron chi connectivity index (χ1n) is 8.10. The fourth-order valence-electron chi connectivity index (χ4n) is 2.56. The Morgan fingerprint density at radius 3 is 2.54 bits per heavy atom. The third-order valence-electron chi connectivity index (χ3n) is 4.04. The summed E-state index contributed by atoms with van der Waals surface area (Å²) in [5.74, 6) is 0.828. The van der Waals surface area contributed by atoms with E-state index in [1.54, 1.807) is 18.9 Å². The average Bonchev–Trinajstić information content (AvgIpc) is 2.56. The largest absolute Gasteiger partial charge is 0.378 e. The zero-order valence-electron chi connectivity index (χ0n) is 13.8. The van der Waals surface area contributed by atoms with Crippen molar-refractivity contribution < 1.29 is 9.53 Å². The summed E-state index contributed by atoms with van der Waals surface area (Å²) < 4.78 is 5.28. The maximum absolute atomic E-state index is 12.0. The minimum Gasteiger partial charge on any atom is -0.378 e. The van der Waals surface area contributed by atoms with Gasteiger partial charge in [0.25, 0.3) is 0 Å². The average molecular weight is 342 g/mol. The number of thioether (sulfide) groups is 1. The number of amides is 1. The van der Waals surface area contributed by atoms with Crippen LogP contribution in [0, 0.1) is 0 Å². The number of benzene rings is 2. The number of carbonyl (C=O) groups is 1. The van der Waals surface area contributed by atoms with Gasteiger partial charge in [-0.2, -0.15) is 0 Å². The van der Waals surface area contributed by atoms with Gasteiger partial charge < -0.3 is 15.0 Å². The Balaban J connectivity index is 1.41. The summed E-state index contributed by atoms with van der Waals surface area (Å²) in [6, 6.07) is 18.1. The number of nitrogens with one attached hydrogen (secondary N) is 1. The molecule has 4 nitrogen and oxygen atoms in total. The van der Waals surface area contributed by atoms with Gasteiger partial charge in [0.1, 0.15) is 0 Å². The zero-order valence-corrected chi connectivity index (χ0v) is 14.6. The molecule has 2 aromatic carbocycles. The third-order valence-corrected chi connectivity index (χ3v) is 5.05. The van der Waals surface area contributed by atoms with Crippen molar-refractivity contribution in [2.24, 2.45) is 0 Å². The normalized spacial score (nSPS) is 14.3. The van der Waals surface area contributed by atoms with E-state index in [1.165, 1.54) is 10.6 Å². The maximum Gasteiger partial charge on any atom is 0.225 e. The predicted molar refractivity (Wildman–Crippen MR) is 99.9 cm³/mol. The standard InChI is InChI=1S/C19H22N2O2S/c1-23-17-13-21(14-17)16-9-7-15(8-10-16)20-19(22)11-12-24-18-5-3-2-4-6-18/h2-10,17H,11-14H2,1H3,(H,20,22). The summed E-state index contributed by atoms with van der Waals surface area (Å²) >= 11 is 1.70. The van der Waals surface area contributed by atoms with E-state index < -0.39 is 0 Å². The van der Waals surface area contributed by atoms with Crippen molar-refractivity contribution in [2.75, 3.05) is 36.2 Å². The first kappa shape index (κ1) is 16.9. The molecule has 0 aromatic heterocycles. The predicted octanol–water partition coefficient (Wildman–Crippen LogP) is 3.64. The molecule has 2 aromatic rings. The first-order valence-corrected chi connectivity index (χ1v) is 9.08. The van der Waals surface area contributed by atoms with Crippen molar-refractivity contribution >= 4 is 29.0 Å². The summed E-state index contributed by atoms with van der Waals surface area (Å²) in [5.41, 5.74) is 2.01. The van der Waals surface area contributed by atoms with Crippen LogP contribution in [-0.2, 0) is 9.53 Å². The second kappa shape index (κ2) is 8.22. The molecular weight excluding hydrogens is 320 g/mol. The number of methoxy groups -OCH3 is 1. The van der Waals surface area contributed by atoms with Crippen molar-refractivity contribution in [2.45, 2.75) is 17.4 Å². The molecule has 1 N–H and O–H groups in total. The Bertz CT molecular complexity index is 655. The van der Waals surface area contributed by atoms with Crippen LogP contribution < -0.4 is 10.2 Å². The lowest BCUT2D eigenvalue weighted by atomic mass is 10.1. The molecule has 0 bridgehead atoms. The van der Waals surface area contributed by atoms with Crippen molar-refractivity contribution in [3.63, 3.8) is 0 Å². The van der Waals surface area contributed by atoms with Crippen LogP contribution in [0.2, 0.25) is 0 Å². The first-order chi connectivity index (χ1) is 11.7. The number of nitrogens with zero attached hydrogens (tertiary/aromatic N) is 1. The molecule has 0 spiro atoms. The Morgan fingerprint density at radius 2 is 1.88 bits per heavy atom. The van der Waals surface area contributed by atoms with Crippen LogP contribution in [0.3, 0.4) is 0 Å². The number of anilines is 2. The van der Waals surface area contributed by atoms with Gasteiger partial charge in [0.2, 0.25) is 5.91 Å². The van der Waals surface area contributed by atoms with Gasteiger partial charge in [-0.25, -0.2) is 0 Å². The van der Waals surface area contributed by atoms with Crippen molar-refractivity contribution in [3.05, 3.63) is 54.6 Å². The molecule has 126 valence electrons. The molecule has 0 atom stereocenters. The van der Waals surface area contributed by atoms with E-state index in [0.29, 0.717) is 12.5 Å². The quantitative estimate of drug-likeness (QED) is 0.780. The highest BCUT2D eigenvalue weighted by molar-refractivity contribution is 7.99. The fraction of sp³-hybridized carbons (Fsp3) is 0.316. The Hall–Kier alpha value is -1.98. The van der Waals surface area contributed by atoms with Crippen LogP contribution >= 0.6 is 11.8 Å². The third kappa shape index (κ3) is 4.52. The van der Waals surface area contributed by atoms with Crippen LogP contribution in [-0.4, -0.2) is 38.0 Å². The van der Waals surface area contributed by atoms with Crippen LogP contribution in [0.5, 0.6) is 0 Å². The minimum atomic E-state index is 0.0505. The van der Waals surface area contributed by atoms with E-state index >= 15 is 0 Å². The molecule has 0 radical (unpaired) electrons. The van der Waals surface area contributed by atoms with Crippen LogP contribution in [0.15, 0.2) is 59.5 Å². The van der Waals surface area contributed by atoms with Gasteiger partial charge in [0.15, 0.2) is 0 Å². The topological polar surface area (TPSA) is 41.6 Å². The minimum absolute atomic E-state index is 0.0505. The van der Waals surface area contributed by atoms with Crippen molar-refractivity contribution in [1.29, 1.82) is 0 Å². The summed E-state index contributed by atoms with van der Waals surface area (Å²) in [6.45, 7) is 1.86. The van der Waals surface area contributed by atoms with Crippen LogP contribution in [0.1, 0.15) is 6.42 Å². The van der Waals surface area contributed by atoms with Gasteiger partial charge in [-0.05, 0) is 36.4 Å². The van der Waals surface area contributed by atoms with E-state index in [4.69, 9.17) is 4.74 Å². The van der Waals surface area contributed by atoms with Gasteiger partial charge in [0.05, 0.1) is 6.10 Å². The van der Waals surface area contributed by atoms with Gasteiger partial charge in [-0.15, -0.1) is 11.8 Å². The Morgan fingerprint density at radius 1 is 1.17 bits per heavy atom. The molecule has 1 amide bonds. The highest BCUT2D eigenvalue weighted by Crippen LogP contribution is 2.24. The van der Waals surface area contributed by atoms with E-state index in [-0.39, 0.29) is 5.91 Å². The lowest BCUT2D eigenvalue weighted by Crippen LogP contribution is -2.51. The van der Waals surface area contributed by atoms with E-state index in [1.807, 2.05) is 42.5 Å². The number of ether oxygens (including phenoxy) is 1. The zero-order chi connectivity index (χ0) is 16.8. The monoisotopic (exact) mass is 342 g/mol. The molecule has 0 saturated carbocycles. The summed E-state index contributed by atoms with van der Waals surface area (Å²) in [5, 5.41) is 2.95. The molecule has 1 saturated heterocycles. The molecule has 0 unspecified atom stereocenters. The maximum atomic E-state index is 12.0. The summed E-state index contributed by atoms with van der Waals surface area (Å²) in [6.07, 6.45) is 0.842. The number of rotatable bonds is 7. The molecule has 1 fully saturated rings. The second-order valence-electron chi connectivity index (χ2n) is 5.77. The molecule has 3 rings (SSSR count). The number of carbonyl (C=O) groups excluding carboxylic acids is 1.